The second kappa shape index (κ2) is 3.72. The van der Waals surface area contributed by atoms with E-state index in [4.69, 9.17) is 6.42 Å². The Bertz CT molecular complexity index is 216. The Kier molecular flexibility index (Phi) is 2.60. The number of terminal acetylenes is 1. The summed E-state index contributed by atoms with van der Waals surface area (Å²) in [5.74, 6) is 4.46. The molecule has 0 aromatic rings. The van der Waals surface area contributed by atoms with Crippen LogP contribution in [0.2, 0.25) is 0 Å². The number of aliphatic hydroxyl groups excluding tert-OH is 1. The van der Waals surface area contributed by atoms with Crippen molar-refractivity contribution in [3.63, 3.8) is 0 Å². The minimum atomic E-state index is -0.218. The van der Waals surface area contributed by atoms with E-state index in [0.717, 1.165) is 24.7 Å². The minimum absolute atomic E-state index is 0.138. The maximum atomic E-state index is 9.77. The smallest absolute Gasteiger partial charge is 0.0680 e. The highest BCUT2D eigenvalue weighted by Crippen LogP contribution is 2.42. The van der Waals surface area contributed by atoms with Crippen LogP contribution in [0.4, 0.5) is 0 Å². The van der Waals surface area contributed by atoms with Gasteiger partial charge in [-0.25, -0.2) is 0 Å². The van der Waals surface area contributed by atoms with Crippen molar-refractivity contribution >= 4 is 0 Å². The summed E-state index contributed by atoms with van der Waals surface area (Å²) in [6.07, 6.45) is 12.6. The van der Waals surface area contributed by atoms with Crippen LogP contribution in [0, 0.1) is 30.1 Å². The number of rotatable bonds is 0. The second-order valence-electron chi connectivity index (χ2n) is 4.62. The molecule has 0 heterocycles. The molecule has 0 aliphatic heterocycles. The van der Waals surface area contributed by atoms with E-state index < -0.39 is 0 Å². The van der Waals surface area contributed by atoms with Crippen LogP contribution in [0.1, 0.15) is 38.5 Å². The maximum absolute atomic E-state index is 9.77. The summed E-state index contributed by atoms with van der Waals surface area (Å²) in [7, 11) is 0. The van der Waals surface area contributed by atoms with E-state index in [-0.39, 0.29) is 12.0 Å². The zero-order valence-electron chi connectivity index (χ0n) is 8.08. The lowest BCUT2D eigenvalue weighted by Crippen LogP contribution is -2.36. The summed E-state index contributed by atoms with van der Waals surface area (Å²) in [6.45, 7) is 0. The van der Waals surface area contributed by atoms with Crippen LogP contribution in [0.3, 0.4) is 0 Å². The van der Waals surface area contributed by atoms with Gasteiger partial charge in [0, 0.05) is 5.92 Å². The van der Waals surface area contributed by atoms with Gasteiger partial charge in [0.2, 0.25) is 0 Å². The third kappa shape index (κ3) is 1.74. The van der Waals surface area contributed by atoms with Crippen molar-refractivity contribution in [3.8, 4) is 12.3 Å². The van der Waals surface area contributed by atoms with Crippen molar-refractivity contribution in [1.29, 1.82) is 0 Å². The average molecular weight is 178 g/mol. The van der Waals surface area contributed by atoms with Crippen LogP contribution in [0.5, 0.6) is 0 Å². The summed E-state index contributed by atoms with van der Waals surface area (Å²) in [6, 6.07) is 0. The molecule has 72 valence electrons. The maximum Gasteiger partial charge on any atom is 0.0680 e. The molecule has 2 aliphatic carbocycles. The Hall–Kier alpha value is -0.480. The SMILES string of the molecule is C#C[C@@H]1C[C@H]2CCCC[C@@H]2C[C@H]1O. The van der Waals surface area contributed by atoms with Gasteiger partial charge in [-0.1, -0.05) is 25.7 Å². The fraction of sp³-hybridized carbons (Fsp3) is 0.833. The van der Waals surface area contributed by atoms with Gasteiger partial charge in [-0.15, -0.1) is 12.3 Å². The number of hydrogen-bond donors (Lipinski definition) is 1. The molecule has 0 aromatic carbocycles. The highest BCUT2D eigenvalue weighted by Gasteiger charge is 2.36. The minimum Gasteiger partial charge on any atom is -0.392 e. The predicted octanol–water partition coefficient (Wildman–Crippen LogP) is 2.20. The lowest BCUT2D eigenvalue weighted by molar-refractivity contribution is 0.0214. The third-order valence-electron chi connectivity index (χ3n) is 3.85. The molecule has 0 radical (unpaired) electrons. The van der Waals surface area contributed by atoms with Crippen molar-refractivity contribution in [3.05, 3.63) is 0 Å². The Morgan fingerprint density at radius 1 is 1.08 bits per heavy atom. The van der Waals surface area contributed by atoms with Crippen LogP contribution < -0.4 is 0 Å². The van der Waals surface area contributed by atoms with E-state index >= 15 is 0 Å². The average Bonchev–Trinajstić information content (AvgIpc) is 2.17. The van der Waals surface area contributed by atoms with E-state index in [9.17, 15) is 5.11 Å². The molecule has 0 amide bonds. The summed E-state index contributed by atoms with van der Waals surface area (Å²) in [5, 5.41) is 9.77. The second-order valence-corrected chi connectivity index (χ2v) is 4.62. The van der Waals surface area contributed by atoms with Gasteiger partial charge in [-0.05, 0) is 24.7 Å². The molecular weight excluding hydrogens is 160 g/mol. The highest BCUT2D eigenvalue weighted by atomic mass is 16.3. The lowest BCUT2D eigenvalue weighted by Gasteiger charge is -2.40. The molecule has 0 unspecified atom stereocenters. The number of fused-ring (bicyclic) bond motifs is 1. The summed E-state index contributed by atoms with van der Waals surface area (Å²) < 4.78 is 0. The first-order chi connectivity index (χ1) is 6.31. The first kappa shape index (κ1) is 9.09. The van der Waals surface area contributed by atoms with Crippen molar-refractivity contribution in [1.82, 2.24) is 0 Å². The van der Waals surface area contributed by atoms with E-state index in [1.807, 2.05) is 0 Å². The normalized spacial score (nSPS) is 44.9. The summed E-state index contributed by atoms with van der Waals surface area (Å²) in [4.78, 5) is 0. The van der Waals surface area contributed by atoms with Crippen LogP contribution in [-0.4, -0.2) is 11.2 Å². The topological polar surface area (TPSA) is 20.2 Å². The van der Waals surface area contributed by atoms with Crippen molar-refractivity contribution < 1.29 is 5.11 Å². The van der Waals surface area contributed by atoms with E-state index in [2.05, 4.69) is 5.92 Å². The lowest BCUT2D eigenvalue weighted by atomic mass is 9.66. The molecule has 2 aliphatic rings. The van der Waals surface area contributed by atoms with Crippen molar-refractivity contribution in [2.24, 2.45) is 17.8 Å². The molecule has 13 heavy (non-hydrogen) atoms. The number of hydrogen-bond acceptors (Lipinski definition) is 1. The van der Waals surface area contributed by atoms with Gasteiger partial charge in [-0.2, -0.15) is 0 Å². The first-order valence-electron chi connectivity index (χ1n) is 5.45. The van der Waals surface area contributed by atoms with Crippen molar-refractivity contribution in [2.45, 2.75) is 44.6 Å². The van der Waals surface area contributed by atoms with Gasteiger partial charge >= 0.3 is 0 Å². The quantitative estimate of drug-likeness (QED) is 0.564. The van der Waals surface area contributed by atoms with Gasteiger partial charge in [0.1, 0.15) is 0 Å². The van der Waals surface area contributed by atoms with Gasteiger partial charge in [0.15, 0.2) is 0 Å². The predicted molar refractivity (Wildman–Crippen MR) is 53.0 cm³/mol. The molecule has 0 spiro atoms. The molecule has 0 saturated heterocycles. The molecular formula is C12H18O. The van der Waals surface area contributed by atoms with Crippen LogP contribution in [0.25, 0.3) is 0 Å². The molecule has 4 atom stereocenters. The molecule has 2 saturated carbocycles. The Labute approximate surface area is 80.5 Å². The zero-order valence-corrected chi connectivity index (χ0v) is 8.08. The first-order valence-corrected chi connectivity index (χ1v) is 5.45. The third-order valence-corrected chi connectivity index (χ3v) is 3.85. The molecule has 0 aromatic heterocycles. The largest absolute Gasteiger partial charge is 0.392 e. The number of aliphatic hydroxyl groups is 1. The monoisotopic (exact) mass is 178 g/mol. The van der Waals surface area contributed by atoms with Gasteiger partial charge in [0.05, 0.1) is 6.10 Å². The summed E-state index contributed by atoms with van der Waals surface area (Å²) >= 11 is 0. The standard InChI is InChI=1S/C12H18O/c1-2-9-7-10-5-3-4-6-11(10)8-12(9)13/h1,9-13H,3-8H2/t9-,10-,11-,12-/m1/s1. The van der Waals surface area contributed by atoms with Crippen LogP contribution in [-0.2, 0) is 0 Å². The van der Waals surface area contributed by atoms with Gasteiger partial charge in [-0.3, -0.25) is 0 Å². The molecule has 2 rings (SSSR count). The van der Waals surface area contributed by atoms with Gasteiger partial charge in [0.25, 0.3) is 0 Å². The molecule has 1 heteroatoms. The highest BCUT2D eigenvalue weighted by molar-refractivity contribution is 5.02. The fourth-order valence-corrected chi connectivity index (χ4v) is 3.04. The molecule has 0 bridgehead atoms. The van der Waals surface area contributed by atoms with Crippen LogP contribution in [0.15, 0.2) is 0 Å². The summed E-state index contributed by atoms with van der Waals surface area (Å²) in [5.41, 5.74) is 0. The molecule has 2 fully saturated rings. The molecule has 1 nitrogen and oxygen atoms in total. The fourth-order valence-electron chi connectivity index (χ4n) is 3.04. The molecule has 1 N–H and O–H groups in total. The Morgan fingerprint density at radius 3 is 2.31 bits per heavy atom. The van der Waals surface area contributed by atoms with Gasteiger partial charge < -0.3 is 5.11 Å². The zero-order chi connectivity index (χ0) is 9.26. The van der Waals surface area contributed by atoms with E-state index in [1.54, 1.807) is 0 Å². The van der Waals surface area contributed by atoms with E-state index in [1.165, 1.54) is 25.7 Å². The van der Waals surface area contributed by atoms with Crippen molar-refractivity contribution in [2.75, 3.05) is 0 Å². The Balaban J connectivity index is 2.02. The van der Waals surface area contributed by atoms with Crippen LogP contribution >= 0.6 is 0 Å². The Morgan fingerprint density at radius 2 is 1.69 bits per heavy atom. The van der Waals surface area contributed by atoms with E-state index in [0.29, 0.717) is 0 Å².